The fraction of sp³-hybridized carbons (Fsp3) is 0.357. The van der Waals surface area contributed by atoms with Gasteiger partial charge in [0.2, 0.25) is 0 Å². The molecule has 1 saturated carbocycles. The molecule has 0 atom stereocenters. The van der Waals surface area contributed by atoms with Crippen LogP contribution in [0.25, 0.3) is 10.6 Å². The molecule has 1 N–H and O–H groups in total. The fourth-order valence-corrected chi connectivity index (χ4v) is 2.76. The first-order valence-corrected chi connectivity index (χ1v) is 7.00. The highest BCUT2D eigenvalue weighted by Gasteiger charge is 2.20. The van der Waals surface area contributed by atoms with E-state index in [1.807, 2.05) is 24.4 Å². The molecule has 1 fully saturated rings. The number of methoxy groups -OCH3 is 1. The van der Waals surface area contributed by atoms with Gasteiger partial charge in [0, 0.05) is 23.7 Å². The smallest absolute Gasteiger partial charge is 0.129 e. The van der Waals surface area contributed by atoms with Crippen molar-refractivity contribution in [2.75, 3.05) is 7.11 Å². The Morgan fingerprint density at radius 2 is 2.22 bits per heavy atom. The minimum absolute atomic E-state index is 0.738. The maximum Gasteiger partial charge on any atom is 0.129 e. The average Bonchev–Trinajstić information content (AvgIpc) is 3.13. The van der Waals surface area contributed by atoms with Crippen LogP contribution in [0.3, 0.4) is 0 Å². The topological polar surface area (TPSA) is 34.1 Å². The van der Waals surface area contributed by atoms with Gasteiger partial charge in [-0.1, -0.05) is 12.1 Å². The molecule has 3 nitrogen and oxygen atoms in total. The minimum atomic E-state index is 0.738. The molecule has 94 valence electrons. The number of hydrogen-bond donors (Lipinski definition) is 1. The third-order valence-corrected chi connectivity index (χ3v) is 4.06. The molecule has 1 aromatic heterocycles. The van der Waals surface area contributed by atoms with Gasteiger partial charge in [0.05, 0.1) is 12.7 Å². The van der Waals surface area contributed by atoms with E-state index >= 15 is 0 Å². The van der Waals surface area contributed by atoms with Crippen LogP contribution in [-0.2, 0) is 6.54 Å². The van der Waals surface area contributed by atoms with Crippen molar-refractivity contribution in [1.29, 1.82) is 0 Å². The summed E-state index contributed by atoms with van der Waals surface area (Å²) in [5, 5.41) is 4.53. The summed E-state index contributed by atoms with van der Waals surface area (Å²) in [5.41, 5.74) is 1.07. The monoisotopic (exact) mass is 260 g/mol. The molecule has 1 heterocycles. The molecule has 1 aliphatic rings. The van der Waals surface area contributed by atoms with Crippen molar-refractivity contribution in [3.63, 3.8) is 0 Å². The van der Waals surface area contributed by atoms with Crippen molar-refractivity contribution in [3.8, 4) is 16.3 Å². The van der Waals surface area contributed by atoms with Crippen LogP contribution in [0.5, 0.6) is 5.75 Å². The van der Waals surface area contributed by atoms with E-state index in [-0.39, 0.29) is 0 Å². The van der Waals surface area contributed by atoms with Gasteiger partial charge in [0.15, 0.2) is 0 Å². The lowest BCUT2D eigenvalue weighted by molar-refractivity contribution is 0.416. The summed E-state index contributed by atoms with van der Waals surface area (Å²) >= 11 is 1.73. The first-order chi connectivity index (χ1) is 8.86. The predicted octanol–water partition coefficient (Wildman–Crippen LogP) is 3.07. The molecule has 0 saturated heterocycles. The van der Waals surface area contributed by atoms with Gasteiger partial charge in [0.25, 0.3) is 0 Å². The van der Waals surface area contributed by atoms with E-state index in [0.717, 1.165) is 28.9 Å². The Labute approximate surface area is 111 Å². The molecule has 0 amide bonds. The highest BCUT2D eigenvalue weighted by molar-refractivity contribution is 7.15. The van der Waals surface area contributed by atoms with Gasteiger partial charge in [-0.3, -0.25) is 0 Å². The zero-order valence-electron chi connectivity index (χ0n) is 10.3. The predicted molar refractivity (Wildman–Crippen MR) is 74.0 cm³/mol. The number of rotatable bonds is 5. The van der Waals surface area contributed by atoms with Gasteiger partial charge in [-0.05, 0) is 25.0 Å². The molecule has 0 bridgehead atoms. The van der Waals surface area contributed by atoms with Crippen molar-refractivity contribution in [2.24, 2.45) is 0 Å². The number of para-hydroxylation sites is 1. The molecule has 0 aliphatic heterocycles. The Bertz CT molecular complexity index is 534. The van der Waals surface area contributed by atoms with Gasteiger partial charge in [-0.25, -0.2) is 4.98 Å². The molecule has 1 aliphatic carbocycles. The van der Waals surface area contributed by atoms with Crippen LogP contribution < -0.4 is 10.1 Å². The summed E-state index contributed by atoms with van der Waals surface area (Å²) in [6.45, 7) is 0.928. The zero-order chi connectivity index (χ0) is 12.4. The number of aromatic nitrogens is 1. The van der Waals surface area contributed by atoms with Crippen LogP contribution in [0.15, 0.2) is 30.5 Å². The van der Waals surface area contributed by atoms with E-state index in [1.165, 1.54) is 17.7 Å². The number of thiazole rings is 1. The van der Waals surface area contributed by atoms with Gasteiger partial charge < -0.3 is 10.1 Å². The van der Waals surface area contributed by atoms with Gasteiger partial charge in [0.1, 0.15) is 10.8 Å². The summed E-state index contributed by atoms with van der Waals surface area (Å²) in [6, 6.07) is 8.75. The summed E-state index contributed by atoms with van der Waals surface area (Å²) < 4.78 is 5.37. The van der Waals surface area contributed by atoms with Crippen molar-refractivity contribution in [1.82, 2.24) is 10.3 Å². The van der Waals surface area contributed by atoms with Gasteiger partial charge in [-0.15, -0.1) is 11.3 Å². The molecular formula is C14H16N2OS. The van der Waals surface area contributed by atoms with Crippen LogP contribution in [0.1, 0.15) is 17.7 Å². The Morgan fingerprint density at radius 1 is 1.39 bits per heavy atom. The first-order valence-electron chi connectivity index (χ1n) is 6.18. The van der Waals surface area contributed by atoms with E-state index in [1.54, 1.807) is 18.4 Å². The second-order valence-electron chi connectivity index (χ2n) is 4.49. The molecule has 1 aromatic carbocycles. The molecule has 0 radical (unpaired) electrons. The Balaban J connectivity index is 1.78. The molecule has 3 rings (SSSR count). The fourth-order valence-electron chi connectivity index (χ4n) is 1.87. The molecule has 0 unspecified atom stereocenters. The van der Waals surface area contributed by atoms with Crippen molar-refractivity contribution >= 4 is 11.3 Å². The van der Waals surface area contributed by atoms with E-state index in [2.05, 4.69) is 16.4 Å². The summed E-state index contributed by atoms with van der Waals surface area (Å²) in [4.78, 5) is 5.77. The zero-order valence-corrected chi connectivity index (χ0v) is 11.2. The third kappa shape index (κ3) is 2.54. The summed E-state index contributed by atoms with van der Waals surface area (Å²) in [7, 11) is 1.70. The average molecular weight is 260 g/mol. The lowest BCUT2D eigenvalue weighted by Gasteiger charge is -2.04. The minimum Gasteiger partial charge on any atom is -0.496 e. The molecule has 0 spiro atoms. The van der Waals surface area contributed by atoms with Gasteiger partial charge in [-0.2, -0.15) is 0 Å². The van der Waals surface area contributed by atoms with Crippen LogP contribution >= 0.6 is 11.3 Å². The third-order valence-electron chi connectivity index (χ3n) is 3.03. The number of ether oxygens (including phenoxy) is 1. The molecule has 4 heteroatoms. The number of benzene rings is 1. The van der Waals surface area contributed by atoms with Crippen molar-refractivity contribution < 1.29 is 4.74 Å². The summed E-state index contributed by atoms with van der Waals surface area (Å²) in [6.07, 6.45) is 4.60. The Morgan fingerprint density at radius 3 is 3.00 bits per heavy atom. The quantitative estimate of drug-likeness (QED) is 0.897. The lowest BCUT2D eigenvalue weighted by atomic mass is 10.2. The molecule has 18 heavy (non-hydrogen) atoms. The maximum absolute atomic E-state index is 5.37. The largest absolute Gasteiger partial charge is 0.496 e. The molecular weight excluding hydrogens is 244 g/mol. The van der Waals surface area contributed by atoms with Gasteiger partial charge >= 0.3 is 0 Å². The second-order valence-corrected chi connectivity index (χ2v) is 5.60. The number of nitrogens with one attached hydrogen (secondary N) is 1. The standard InChI is InChI=1S/C14H16N2OS/c1-17-13-5-3-2-4-12(13)14-16-9-11(18-14)8-15-10-6-7-10/h2-5,9-10,15H,6-8H2,1H3. The molecule has 2 aromatic rings. The lowest BCUT2D eigenvalue weighted by Crippen LogP contribution is -2.14. The maximum atomic E-state index is 5.37. The van der Waals surface area contributed by atoms with Crippen LogP contribution in [0.2, 0.25) is 0 Å². The van der Waals surface area contributed by atoms with Crippen molar-refractivity contribution in [2.45, 2.75) is 25.4 Å². The highest BCUT2D eigenvalue weighted by Crippen LogP contribution is 2.32. The Hall–Kier alpha value is -1.39. The summed E-state index contributed by atoms with van der Waals surface area (Å²) in [5.74, 6) is 0.883. The normalized spacial score (nSPS) is 14.7. The van der Waals surface area contributed by atoms with Crippen LogP contribution in [-0.4, -0.2) is 18.1 Å². The number of nitrogens with zero attached hydrogens (tertiary/aromatic N) is 1. The number of hydrogen-bond acceptors (Lipinski definition) is 4. The SMILES string of the molecule is COc1ccccc1-c1ncc(CNC2CC2)s1. The first kappa shape index (κ1) is 11.7. The highest BCUT2D eigenvalue weighted by atomic mass is 32.1. The van der Waals surface area contributed by atoms with E-state index in [9.17, 15) is 0 Å². The van der Waals surface area contributed by atoms with E-state index in [0.29, 0.717) is 0 Å². The van der Waals surface area contributed by atoms with E-state index < -0.39 is 0 Å². The van der Waals surface area contributed by atoms with Crippen LogP contribution in [0, 0.1) is 0 Å². The Kier molecular flexibility index (Phi) is 3.30. The second kappa shape index (κ2) is 5.08. The van der Waals surface area contributed by atoms with Crippen molar-refractivity contribution in [3.05, 3.63) is 35.3 Å². The van der Waals surface area contributed by atoms with E-state index in [4.69, 9.17) is 4.74 Å². The van der Waals surface area contributed by atoms with Crippen LogP contribution in [0.4, 0.5) is 0 Å².